The van der Waals surface area contributed by atoms with Gasteiger partial charge in [0.15, 0.2) is 0 Å². The van der Waals surface area contributed by atoms with Gasteiger partial charge in [-0.05, 0) is 80.7 Å². The SMILES string of the molecule is Cc1cc(CC2=CC=C(CN3C(=O)C4=C(CCCC4)C3=O)C(C)C2)c(O)c(-n2nc3ccccc3n2)c1. The van der Waals surface area contributed by atoms with Crippen molar-refractivity contribution in [2.45, 2.75) is 52.4 Å². The molecule has 0 bridgehead atoms. The first-order valence-electron chi connectivity index (χ1n) is 13.0. The van der Waals surface area contributed by atoms with E-state index in [4.69, 9.17) is 0 Å². The molecule has 3 aromatic rings. The van der Waals surface area contributed by atoms with Gasteiger partial charge in [0.1, 0.15) is 22.5 Å². The molecular weight excluding hydrogens is 464 g/mol. The predicted molar refractivity (Wildman–Crippen MR) is 141 cm³/mol. The number of rotatable bonds is 5. The van der Waals surface area contributed by atoms with E-state index in [1.165, 1.54) is 15.3 Å². The van der Waals surface area contributed by atoms with Gasteiger partial charge in [-0.3, -0.25) is 14.5 Å². The van der Waals surface area contributed by atoms with E-state index in [1.54, 1.807) is 0 Å². The van der Waals surface area contributed by atoms with Crippen molar-refractivity contribution in [3.8, 4) is 11.4 Å². The zero-order valence-electron chi connectivity index (χ0n) is 21.2. The molecule has 3 aliphatic rings. The highest BCUT2D eigenvalue weighted by Gasteiger charge is 2.39. The van der Waals surface area contributed by atoms with E-state index in [2.05, 4.69) is 29.3 Å². The monoisotopic (exact) mass is 494 g/mol. The summed E-state index contributed by atoms with van der Waals surface area (Å²) in [5.41, 5.74) is 7.72. The van der Waals surface area contributed by atoms with Crippen LogP contribution in [0.3, 0.4) is 0 Å². The van der Waals surface area contributed by atoms with Gasteiger partial charge in [-0.15, -0.1) is 15.0 Å². The molecule has 0 radical (unpaired) electrons. The number of fused-ring (bicyclic) bond motifs is 1. The number of carbonyl (C=O) groups is 2. The van der Waals surface area contributed by atoms with Crippen molar-refractivity contribution >= 4 is 22.8 Å². The number of imide groups is 1. The number of carbonyl (C=O) groups excluding carboxylic acids is 2. The molecule has 2 aliphatic carbocycles. The van der Waals surface area contributed by atoms with Crippen molar-refractivity contribution in [2.24, 2.45) is 5.92 Å². The summed E-state index contributed by atoms with van der Waals surface area (Å²) in [6.07, 6.45) is 8.96. The lowest BCUT2D eigenvalue weighted by Crippen LogP contribution is -2.35. The molecule has 7 nitrogen and oxygen atoms in total. The molecule has 1 aliphatic heterocycles. The van der Waals surface area contributed by atoms with Gasteiger partial charge in [0.2, 0.25) is 0 Å². The lowest BCUT2D eigenvalue weighted by atomic mass is 9.85. The predicted octanol–water partition coefficient (Wildman–Crippen LogP) is 5.11. The molecule has 0 fully saturated rings. The summed E-state index contributed by atoms with van der Waals surface area (Å²) < 4.78 is 0. The molecule has 37 heavy (non-hydrogen) atoms. The zero-order chi connectivity index (χ0) is 25.7. The highest BCUT2D eigenvalue weighted by molar-refractivity contribution is 6.19. The molecule has 2 aromatic carbocycles. The van der Waals surface area contributed by atoms with Crippen molar-refractivity contribution in [2.75, 3.05) is 6.54 Å². The summed E-state index contributed by atoms with van der Waals surface area (Å²) in [5, 5.41) is 20.2. The Balaban J connectivity index is 1.23. The van der Waals surface area contributed by atoms with Gasteiger partial charge in [-0.2, -0.15) is 0 Å². The molecule has 1 unspecified atom stereocenters. The average molecular weight is 495 g/mol. The Labute approximate surface area is 215 Å². The molecule has 2 heterocycles. The molecule has 2 amide bonds. The van der Waals surface area contributed by atoms with E-state index in [-0.39, 0.29) is 23.5 Å². The number of benzene rings is 2. The number of nitrogens with zero attached hydrogens (tertiary/aromatic N) is 4. The molecule has 0 saturated heterocycles. The van der Waals surface area contributed by atoms with Crippen LogP contribution in [0.4, 0.5) is 0 Å². The number of aromatic nitrogens is 3. The van der Waals surface area contributed by atoms with Gasteiger partial charge in [-0.1, -0.05) is 42.8 Å². The van der Waals surface area contributed by atoms with Crippen molar-refractivity contribution < 1.29 is 14.7 Å². The third-order valence-corrected chi connectivity index (χ3v) is 7.78. The van der Waals surface area contributed by atoms with Gasteiger partial charge < -0.3 is 5.11 Å². The fourth-order valence-electron chi connectivity index (χ4n) is 5.78. The van der Waals surface area contributed by atoms with Crippen LogP contribution in [-0.2, 0) is 16.0 Å². The zero-order valence-corrected chi connectivity index (χ0v) is 21.2. The number of aryl methyl sites for hydroxylation is 1. The van der Waals surface area contributed by atoms with Crippen LogP contribution in [-0.4, -0.2) is 43.4 Å². The largest absolute Gasteiger partial charge is 0.505 e. The van der Waals surface area contributed by atoms with Crippen molar-refractivity contribution in [3.05, 3.63) is 82.0 Å². The summed E-state index contributed by atoms with van der Waals surface area (Å²) >= 11 is 0. The van der Waals surface area contributed by atoms with Crippen LogP contribution in [0.1, 0.15) is 50.2 Å². The number of phenols is 1. The maximum absolute atomic E-state index is 12.9. The third kappa shape index (κ3) is 4.18. The second kappa shape index (κ2) is 9.14. The lowest BCUT2D eigenvalue weighted by molar-refractivity contribution is -0.137. The molecule has 6 rings (SSSR count). The summed E-state index contributed by atoms with van der Waals surface area (Å²) in [5.74, 6) is 0.182. The topological polar surface area (TPSA) is 88.3 Å². The van der Waals surface area contributed by atoms with Gasteiger partial charge in [0.05, 0.1) is 6.54 Å². The second-order valence-corrected chi connectivity index (χ2v) is 10.5. The van der Waals surface area contributed by atoms with E-state index < -0.39 is 0 Å². The molecular formula is C30H30N4O3. The lowest BCUT2D eigenvalue weighted by Gasteiger charge is -2.26. The molecule has 1 N–H and O–H groups in total. The van der Waals surface area contributed by atoms with Crippen LogP contribution in [0.5, 0.6) is 5.75 Å². The smallest absolute Gasteiger partial charge is 0.257 e. The molecule has 1 atom stereocenters. The minimum atomic E-state index is -0.0975. The molecule has 0 saturated carbocycles. The number of phenolic OH excluding ortho intramolecular Hbond substituents is 1. The quantitative estimate of drug-likeness (QED) is 0.498. The van der Waals surface area contributed by atoms with E-state index in [1.807, 2.05) is 43.3 Å². The standard InChI is InChI=1S/C30H30N4O3/c1-18-13-22(28(35)27(14-18)34-31-25-9-5-6-10-26(25)32-34)16-20-11-12-21(19(2)15-20)17-33-29(36)23-7-3-4-8-24(23)30(33)37/h5-6,9-14,19,35H,3-4,7-8,15-17H2,1-2H3. The Kier molecular flexibility index (Phi) is 5.78. The number of hydrogen-bond donors (Lipinski definition) is 1. The maximum atomic E-state index is 12.9. The highest BCUT2D eigenvalue weighted by Crippen LogP contribution is 2.36. The molecule has 7 heteroatoms. The second-order valence-electron chi connectivity index (χ2n) is 10.5. The fraction of sp³-hybridized carbons (Fsp3) is 0.333. The van der Waals surface area contributed by atoms with Crippen LogP contribution in [0.2, 0.25) is 0 Å². The van der Waals surface area contributed by atoms with Crippen LogP contribution < -0.4 is 0 Å². The number of amides is 2. The minimum Gasteiger partial charge on any atom is -0.505 e. The average Bonchev–Trinajstić information content (AvgIpc) is 3.43. The fourth-order valence-corrected chi connectivity index (χ4v) is 5.78. The Bertz CT molecular complexity index is 1480. The Morgan fingerprint density at radius 2 is 1.62 bits per heavy atom. The van der Waals surface area contributed by atoms with Crippen LogP contribution in [0.25, 0.3) is 16.7 Å². The van der Waals surface area contributed by atoms with Crippen LogP contribution >= 0.6 is 0 Å². The van der Waals surface area contributed by atoms with Gasteiger partial charge in [0.25, 0.3) is 11.8 Å². The molecule has 1 aromatic heterocycles. The van der Waals surface area contributed by atoms with E-state index in [9.17, 15) is 14.7 Å². The first-order valence-corrected chi connectivity index (χ1v) is 13.0. The summed E-state index contributed by atoms with van der Waals surface area (Å²) in [6.45, 7) is 4.50. The first-order chi connectivity index (χ1) is 17.9. The van der Waals surface area contributed by atoms with Crippen LogP contribution in [0.15, 0.2) is 70.8 Å². The van der Waals surface area contributed by atoms with E-state index in [0.717, 1.165) is 71.0 Å². The summed E-state index contributed by atoms with van der Waals surface area (Å²) in [4.78, 5) is 28.7. The van der Waals surface area contributed by atoms with E-state index >= 15 is 0 Å². The number of allylic oxidation sites excluding steroid dienone is 3. The van der Waals surface area contributed by atoms with Crippen molar-refractivity contribution in [3.63, 3.8) is 0 Å². The van der Waals surface area contributed by atoms with Crippen molar-refractivity contribution in [1.29, 1.82) is 0 Å². The minimum absolute atomic E-state index is 0.0975. The van der Waals surface area contributed by atoms with Gasteiger partial charge in [-0.25, -0.2) is 0 Å². The number of aromatic hydroxyl groups is 1. The van der Waals surface area contributed by atoms with Crippen molar-refractivity contribution in [1.82, 2.24) is 19.9 Å². The highest BCUT2D eigenvalue weighted by atomic mass is 16.3. The van der Waals surface area contributed by atoms with Gasteiger partial charge in [0, 0.05) is 16.7 Å². The summed E-state index contributed by atoms with van der Waals surface area (Å²) in [6, 6.07) is 11.5. The summed E-state index contributed by atoms with van der Waals surface area (Å²) in [7, 11) is 0. The molecule has 0 spiro atoms. The third-order valence-electron chi connectivity index (χ3n) is 7.78. The van der Waals surface area contributed by atoms with E-state index in [0.29, 0.717) is 18.7 Å². The van der Waals surface area contributed by atoms with Gasteiger partial charge >= 0.3 is 0 Å². The number of hydrogen-bond acceptors (Lipinski definition) is 5. The Hall–Kier alpha value is -4.00. The Morgan fingerprint density at radius 1 is 0.973 bits per heavy atom. The maximum Gasteiger partial charge on any atom is 0.257 e. The molecule has 188 valence electrons. The normalized spacial score (nSPS) is 19.9. The van der Waals surface area contributed by atoms with Crippen LogP contribution in [0, 0.1) is 12.8 Å². The first kappa shape index (κ1) is 23.4. The Morgan fingerprint density at radius 3 is 2.24 bits per heavy atom.